The lowest BCUT2D eigenvalue weighted by atomic mass is 10.0. The lowest BCUT2D eigenvalue weighted by Crippen LogP contribution is -2.31. The second-order valence-corrected chi connectivity index (χ2v) is 5.98. The molecule has 0 spiro atoms. The fourth-order valence-corrected chi connectivity index (χ4v) is 2.32. The second kappa shape index (κ2) is 14.3. The van der Waals surface area contributed by atoms with Gasteiger partial charge in [0.25, 0.3) is 0 Å². The van der Waals surface area contributed by atoms with E-state index >= 15 is 0 Å². The number of hydrogen-bond acceptors (Lipinski definition) is 2. The first-order chi connectivity index (χ1) is 9.20. The normalized spacial score (nSPS) is 13.1. The summed E-state index contributed by atoms with van der Waals surface area (Å²) in [5, 5.41) is 3.36. The smallest absolute Gasteiger partial charge is 0.0622 e. The maximum absolute atomic E-state index is 5.67. The molecule has 0 saturated carbocycles. The molecule has 116 valence electrons. The molecule has 0 aliphatic rings. The van der Waals surface area contributed by atoms with Gasteiger partial charge in [0.2, 0.25) is 0 Å². The molecule has 0 amide bonds. The minimum Gasteiger partial charge on any atom is -0.377 e. The molecule has 0 aromatic rings. The fourth-order valence-electron chi connectivity index (χ4n) is 2.32. The zero-order chi connectivity index (χ0) is 14.3. The number of ether oxygens (including phenoxy) is 1. The Hall–Kier alpha value is -0.0800. The first-order valence-corrected chi connectivity index (χ1v) is 8.49. The van der Waals surface area contributed by atoms with Crippen molar-refractivity contribution in [3.05, 3.63) is 0 Å². The Labute approximate surface area is 121 Å². The molecular weight excluding hydrogens is 234 g/mol. The summed E-state index contributed by atoms with van der Waals surface area (Å²) in [5.74, 6) is 0. The van der Waals surface area contributed by atoms with Crippen molar-refractivity contribution in [3.8, 4) is 0 Å². The molecule has 0 rings (SSSR count). The van der Waals surface area contributed by atoms with Gasteiger partial charge in [0.05, 0.1) is 12.7 Å². The average Bonchev–Trinajstić information content (AvgIpc) is 2.40. The third-order valence-electron chi connectivity index (χ3n) is 3.70. The van der Waals surface area contributed by atoms with Crippen LogP contribution in [-0.4, -0.2) is 25.8 Å². The summed E-state index contributed by atoms with van der Waals surface area (Å²) in [6.45, 7) is 7.34. The number of hydrogen-bond donors (Lipinski definition) is 1. The Kier molecular flexibility index (Phi) is 14.3. The van der Waals surface area contributed by atoms with E-state index in [1.807, 2.05) is 7.05 Å². The molecule has 0 bridgehead atoms. The van der Waals surface area contributed by atoms with Gasteiger partial charge < -0.3 is 10.1 Å². The van der Waals surface area contributed by atoms with Crippen LogP contribution in [0.25, 0.3) is 0 Å². The first kappa shape index (κ1) is 18.9. The molecule has 2 nitrogen and oxygen atoms in total. The molecule has 0 aromatic carbocycles. The van der Waals surface area contributed by atoms with E-state index in [0.717, 1.165) is 6.61 Å². The third kappa shape index (κ3) is 14.1. The van der Waals surface area contributed by atoms with E-state index in [1.54, 1.807) is 0 Å². The molecule has 1 N–H and O–H groups in total. The molecule has 0 fully saturated rings. The van der Waals surface area contributed by atoms with Crippen molar-refractivity contribution in [1.29, 1.82) is 0 Å². The van der Waals surface area contributed by atoms with E-state index in [2.05, 4.69) is 26.1 Å². The first-order valence-electron chi connectivity index (χ1n) is 8.49. The number of likely N-dealkylation sites (N-methyl/N-ethyl adjacent to an activating group) is 1. The average molecular weight is 271 g/mol. The predicted molar refractivity (Wildman–Crippen MR) is 85.8 cm³/mol. The minimum atomic E-state index is 0.346. The summed E-state index contributed by atoms with van der Waals surface area (Å²) in [6.07, 6.45) is 14.2. The summed E-state index contributed by atoms with van der Waals surface area (Å²) in [6, 6.07) is 0.534. The van der Waals surface area contributed by atoms with E-state index in [4.69, 9.17) is 4.74 Å². The molecule has 1 unspecified atom stereocenters. The van der Waals surface area contributed by atoms with Gasteiger partial charge in [-0.15, -0.1) is 0 Å². The maximum Gasteiger partial charge on any atom is 0.0622 e. The van der Waals surface area contributed by atoms with Crippen LogP contribution in [-0.2, 0) is 4.74 Å². The van der Waals surface area contributed by atoms with E-state index in [0.29, 0.717) is 12.1 Å². The van der Waals surface area contributed by atoms with Crippen molar-refractivity contribution in [2.45, 2.75) is 97.1 Å². The lowest BCUT2D eigenvalue weighted by molar-refractivity contribution is 0.0605. The van der Waals surface area contributed by atoms with Crippen molar-refractivity contribution in [2.75, 3.05) is 13.7 Å². The number of unbranched alkanes of at least 4 members (excludes halogenated alkanes) is 8. The Balaban J connectivity index is 3.26. The second-order valence-electron chi connectivity index (χ2n) is 5.98. The summed E-state index contributed by atoms with van der Waals surface area (Å²) in [7, 11) is 2.04. The molecule has 19 heavy (non-hydrogen) atoms. The van der Waals surface area contributed by atoms with Crippen LogP contribution < -0.4 is 5.32 Å². The minimum absolute atomic E-state index is 0.346. The molecule has 0 aliphatic heterocycles. The van der Waals surface area contributed by atoms with Gasteiger partial charge in [-0.3, -0.25) is 0 Å². The van der Waals surface area contributed by atoms with Crippen molar-refractivity contribution in [2.24, 2.45) is 0 Å². The van der Waals surface area contributed by atoms with Crippen LogP contribution in [0.15, 0.2) is 0 Å². The molecule has 0 radical (unpaired) electrons. The topological polar surface area (TPSA) is 21.3 Å². The van der Waals surface area contributed by atoms with Crippen LogP contribution in [0.4, 0.5) is 0 Å². The van der Waals surface area contributed by atoms with Gasteiger partial charge in [-0.05, 0) is 27.3 Å². The monoisotopic (exact) mass is 271 g/mol. The molecule has 1 atom stereocenters. The van der Waals surface area contributed by atoms with Gasteiger partial charge in [0, 0.05) is 6.04 Å². The Morgan fingerprint density at radius 2 is 1.37 bits per heavy atom. The summed E-state index contributed by atoms with van der Waals surface area (Å²) < 4.78 is 5.67. The van der Waals surface area contributed by atoms with Gasteiger partial charge in [-0.1, -0.05) is 64.7 Å². The van der Waals surface area contributed by atoms with Crippen molar-refractivity contribution >= 4 is 0 Å². The summed E-state index contributed by atoms with van der Waals surface area (Å²) in [5.41, 5.74) is 0. The highest BCUT2D eigenvalue weighted by molar-refractivity contribution is 4.64. The summed E-state index contributed by atoms with van der Waals surface area (Å²) in [4.78, 5) is 0. The van der Waals surface area contributed by atoms with Gasteiger partial charge in [0.15, 0.2) is 0 Å². The molecule has 0 aliphatic carbocycles. The van der Waals surface area contributed by atoms with Gasteiger partial charge in [0.1, 0.15) is 0 Å². The zero-order valence-electron chi connectivity index (χ0n) is 13.8. The molecular formula is C17H37NO. The highest BCUT2D eigenvalue weighted by Crippen LogP contribution is 2.11. The highest BCUT2D eigenvalue weighted by atomic mass is 16.5. The van der Waals surface area contributed by atoms with Gasteiger partial charge >= 0.3 is 0 Å². The third-order valence-corrected chi connectivity index (χ3v) is 3.70. The van der Waals surface area contributed by atoms with Crippen LogP contribution in [0.2, 0.25) is 0 Å². The van der Waals surface area contributed by atoms with E-state index < -0.39 is 0 Å². The van der Waals surface area contributed by atoms with Crippen LogP contribution in [0, 0.1) is 0 Å². The Morgan fingerprint density at radius 1 is 0.842 bits per heavy atom. The highest BCUT2D eigenvalue weighted by Gasteiger charge is 2.06. The van der Waals surface area contributed by atoms with Crippen LogP contribution in [0.1, 0.15) is 85.0 Å². The Bertz CT molecular complexity index is 171. The fraction of sp³-hybridized carbons (Fsp3) is 1.00. The maximum atomic E-state index is 5.67. The standard InChI is InChI=1S/C17H37NO/c1-5-6-7-8-9-10-11-12-13-14-17(18-4)15-19-16(2)3/h16-18H,5-15H2,1-4H3. The van der Waals surface area contributed by atoms with Crippen molar-refractivity contribution in [1.82, 2.24) is 5.32 Å². The Morgan fingerprint density at radius 3 is 1.84 bits per heavy atom. The molecule has 0 aromatic heterocycles. The molecule has 0 heterocycles. The number of nitrogens with one attached hydrogen (secondary N) is 1. The molecule has 0 saturated heterocycles. The van der Waals surface area contributed by atoms with Crippen molar-refractivity contribution < 1.29 is 4.74 Å². The lowest BCUT2D eigenvalue weighted by Gasteiger charge is -2.17. The van der Waals surface area contributed by atoms with Crippen LogP contribution in [0.5, 0.6) is 0 Å². The van der Waals surface area contributed by atoms with E-state index in [-0.39, 0.29) is 0 Å². The molecule has 2 heteroatoms. The predicted octanol–water partition coefficient (Wildman–Crippen LogP) is 4.92. The van der Waals surface area contributed by atoms with Crippen molar-refractivity contribution in [3.63, 3.8) is 0 Å². The van der Waals surface area contributed by atoms with E-state index in [1.165, 1.54) is 64.2 Å². The zero-order valence-corrected chi connectivity index (χ0v) is 13.8. The quantitative estimate of drug-likeness (QED) is 0.453. The van der Waals surface area contributed by atoms with Gasteiger partial charge in [-0.25, -0.2) is 0 Å². The largest absolute Gasteiger partial charge is 0.377 e. The summed E-state index contributed by atoms with van der Waals surface area (Å²) >= 11 is 0. The van der Waals surface area contributed by atoms with Crippen LogP contribution >= 0.6 is 0 Å². The van der Waals surface area contributed by atoms with Gasteiger partial charge in [-0.2, -0.15) is 0 Å². The number of rotatable bonds is 14. The SMILES string of the molecule is CCCCCCCCCCCC(COC(C)C)NC. The van der Waals surface area contributed by atoms with E-state index in [9.17, 15) is 0 Å². The van der Waals surface area contributed by atoms with Crippen LogP contribution in [0.3, 0.4) is 0 Å².